The fraction of sp³-hybridized carbons (Fsp3) is 0.533. The summed E-state index contributed by atoms with van der Waals surface area (Å²) >= 11 is 6.00. The molecule has 0 aliphatic heterocycles. The summed E-state index contributed by atoms with van der Waals surface area (Å²) in [6.07, 6.45) is 3.32. The maximum absolute atomic E-state index is 13.7. The summed E-state index contributed by atoms with van der Waals surface area (Å²) in [5, 5.41) is 3.49. The quantitative estimate of drug-likeness (QED) is 0.854. The minimum atomic E-state index is -0.365. The molecule has 1 aromatic carbocycles. The lowest BCUT2D eigenvalue weighted by molar-refractivity contribution is -0.149. The molecule has 2 atom stereocenters. The molecule has 1 saturated carbocycles. The summed E-state index contributed by atoms with van der Waals surface area (Å²) in [6, 6.07) is 4.65. The number of esters is 1. The molecular formula is C15H19ClFNO2. The van der Waals surface area contributed by atoms with E-state index in [-0.39, 0.29) is 23.7 Å². The molecule has 1 aromatic rings. The highest BCUT2D eigenvalue weighted by atomic mass is 35.5. The zero-order valence-corrected chi connectivity index (χ0v) is 12.3. The third kappa shape index (κ3) is 3.63. The Hall–Kier alpha value is -1.29. The third-order valence-electron chi connectivity index (χ3n) is 3.61. The topological polar surface area (TPSA) is 38.3 Å². The van der Waals surface area contributed by atoms with Gasteiger partial charge < -0.3 is 10.1 Å². The van der Waals surface area contributed by atoms with Crippen LogP contribution in [0.2, 0.25) is 5.02 Å². The zero-order chi connectivity index (χ0) is 14.5. The number of carbonyl (C=O) groups is 1. The summed E-state index contributed by atoms with van der Waals surface area (Å²) in [7, 11) is 0. The molecule has 5 heteroatoms. The molecule has 0 spiro atoms. The van der Waals surface area contributed by atoms with E-state index in [4.69, 9.17) is 16.3 Å². The minimum absolute atomic E-state index is 0.0487. The molecule has 1 fully saturated rings. The van der Waals surface area contributed by atoms with Crippen LogP contribution >= 0.6 is 11.6 Å². The molecule has 0 bridgehead atoms. The SMILES string of the molecule is CCOC(=O)C1CCCC(Nc2c(F)cccc2Cl)C1. The van der Waals surface area contributed by atoms with Crippen molar-refractivity contribution < 1.29 is 13.9 Å². The van der Waals surface area contributed by atoms with E-state index in [2.05, 4.69) is 5.32 Å². The fourth-order valence-corrected chi connectivity index (χ4v) is 2.85. The lowest BCUT2D eigenvalue weighted by Crippen LogP contribution is -2.32. The third-order valence-corrected chi connectivity index (χ3v) is 3.92. The lowest BCUT2D eigenvalue weighted by atomic mass is 9.85. The number of para-hydroxylation sites is 1. The van der Waals surface area contributed by atoms with Crippen LogP contribution < -0.4 is 5.32 Å². The molecule has 110 valence electrons. The normalized spacial score (nSPS) is 22.4. The zero-order valence-electron chi connectivity index (χ0n) is 11.5. The van der Waals surface area contributed by atoms with Gasteiger partial charge in [0.25, 0.3) is 0 Å². The Balaban J connectivity index is 2.01. The van der Waals surface area contributed by atoms with Crippen molar-refractivity contribution in [2.45, 2.75) is 38.6 Å². The first-order chi connectivity index (χ1) is 9.61. The second-order valence-corrected chi connectivity index (χ2v) is 5.46. The Kier molecular flexibility index (Phi) is 5.24. The van der Waals surface area contributed by atoms with Gasteiger partial charge in [-0.3, -0.25) is 4.79 Å². The van der Waals surface area contributed by atoms with Gasteiger partial charge in [-0.25, -0.2) is 4.39 Å². The molecular weight excluding hydrogens is 281 g/mol. The van der Waals surface area contributed by atoms with Gasteiger partial charge in [-0.2, -0.15) is 0 Å². The number of rotatable bonds is 4. The molecule has 0 radical (unpaired) electrons. The molecule has 1 aliphatic carbocycles. The van der Waals surface area contributed by atoms with E-state index in [1.54, 1.807) is 19.1 Å². The van der Waals surface area contributed by atoms with Crippen LogP contribution in [0.5, 0.6) is 0 Å². The summed E-state index contributed by atoms with van der Waals surface area (Å²) in [6.45, 7) is 2.20. The van der Waals surface area contributed by atoms with Crippen molar-refractivity contribution in [3.63, 3.8) is 0 Å². The van der Waals surface area contributed by atoms with Gasteiger partial charge in [0.05, 0.1) is 23.2 Å². The lowest BCUT2D eigenvalue weighted by Gasteiger charge is -2.29. The molecule has 0 amide bonds. The van der Waals surface area contributed by atoms with Gasteiger partial charge in [0.1, 0.15) is 5.82 Å². The highest BCUT2D eigenvalue weighted by molar-refractivity contribution is 6.33. The predicted molar refractivity (Wildman–Crippen MR) is 77.4 cm³/mol. The number of hydrogen-bond donors (Lipinski definition) is 1. The highest BCUT2D eigenvalue weighted by Gasteiger charge is 2.28. The average molecular weight is 300 g/mol. The first kappa shape index (κ1) is 15.1. The standard InChI is InChI=1S/C15H19ClFNO2/c1-2-20-15(19)10-5-3-6-11(9-10)18-14-12(16)7-4-8-13(14)17/h4,7-8,10-11,18H,2-3,5-6,9H2,1H3. The van der Waals surface area contributed by atoms with E-state index < -0.39 is 0 Å². The van der Waals surface area contributed by atoms with Crippen LogP contribution in [0.4, 0.5) is 10.1 Å². The van der Waals surface area contributed by atoms with Crippen LogP contribution in [-0.2, 0) is 9.53 Å². The van der Waals surface area contributed by atoms with Crippen molar-refractivity contribution in [1.82, 2.24) is 0 Å². The Labute approximate surface area is 123 Å². The molecule has 0 saturated heterocycles. The van der Waals surface area contributed by atoms with E-state index in [9.17, 15) is 9.18 Å². The van der Waals surface area contributed by atoms with Gasteiger partial charge >= 0.3 is 5.97 Å². The van der Waals surface area contributed by atoms with Crippen LogP contribution in [0.3, 0.4) is 0 Å². The van der Waals surface area contributed by atoms with Crippen molar-refractivity contribution in [3.05, 3.63) is 29.0 Å². The van der Waals surface area contributed by atoms with Crippen molar-refractivity contribution in [2.24, 2.45) is 5.92 Å². The Morgan fingerprint density at radius 3 is 3.00 bits per heavy atom. The first-order valence-corrected chi connectivity index (χ1v) is 7.36. The van der Waals surface area contributed by atoms with E-state index in [1.807, 2.05) is 0 Å². The van der Waals surface area contributed by atoms with Gasteiger partial charge in [-0.05, 0) is 38.3 Å². The van der Waals surface area contributed by atoms with Crippen LogP contribution in [0.15, 0.2) is 18.2 Å². The van der Waals surface area contributed by atoms with Crippen molar-refractivity contribution in [3.8, 4) is 0 Å². The first-order valence-electron chi connectivity index (χ1n) is 6.99. The number of benzene rings is 1. The molecule has 2 unspecified atom stereocenters. The van der Waals surface area contributed by atoms with Crippen LogP contribution in [0.1, 0.15) is 32.6 Å². The average Bonchev–Trinajstić information content (AvgIpc) is 2.44. The molecule has 1 N–H and O–H groups in total. The minimum Gasteiger partial charge on any atom is -0.466 e. The van der Waals surface area contributed by atoms with Gasteiger partial charge in [-0.15, -0.1) is 0 Å². The predicted octanol–water partition coefficient (Wildman–Crippen LogP) is 4.01. The number of anilines is 1. The van der Waals surface area contributed by atoms with Gasteiger partial charge in [0.2, 0.25) is 0 Å². The van der Waals surface area contributed by atoms with E-state index in [0.717, 1.165) is 19.3 Å². The smallest absolute Gasteiger partial charge is 0.308 e. The van der Waals surface area contributed by atoms with Crippen LogP contribution in [-0.4, -0.2) is 18.6 Å². The number of halogens is 2. The summed E-state index contributed by atoms with van der Waals surface area (Å²) < 4.78 is 18.8. The highest BCUT2D eigenvalue weighted by Crippen LogP contribution is 2.31. The number of carbonyl (C=O) groups excluding carboxylic acids is 1. The van der Waals surface area contributed by atoms with Crippen molar-refractivity contribution in [2.75, 3.05) is 11.9 Å². The van der Waals surface area contributed by atoms with Crippen LogP contribution in [0.25, 0.3) is 0 Å². The molecule has 20 heavy (non-hydrogen) atoms. The van der Waals surface area contributed by atoms with Gasteiger partial charge in [-0.1, -0.05) is 24.1 Å². The maximum atomic E-state index is 13.7. The Morgan fingerprint density at radius 2 is 2.30 bits per heavy atom. The molecule has 1 aliphatic rings. The van der Waals surface area contributed by atoms with E-state index in [1.165, 1.54) is 6.07 Å². The molecule has 0 heterocycles. The van der Waals surface area contributed by atoms with Gasteiger partial charge in [0.15, 0.2) is 0 Å². The van der Waals surface area contributed by atoms with Gasteiger partial charge in [0, 0.05) is 6.04 Å². The second-order valence-electron chi connectivity index (χ2n) is 5.05. The Morgan fingerprint density at radius 1 is 1.50 bits per heavy atom. The van der Waals surface area contributed by atoms with Crippen LogP contribution in [0, 0.1) is 11.7 Å². The number of hydrogen-bond acceptors (Lipinski definition) is 3. The maximum Gasteiger partial charge on any atom is 0.308 e. The van der Waals surface area contributed by atoms with E-state index in [0.29, 0.717) is 23.7 Å². The Bertz CT molecular complexity index is 461. The number of nitrogens with one attached hydrogen (secondary N) is 1. The molecule has 2 rings (SSSR count). The van der Waals surface area contributed by atoms with Crippen molar-refractivity contribution in [1.29, 1.82) is 0 Å². The summed E-state index contributed by atoms with van der Waals surface area (Å²) in [4.78, 5) is 11.8. The fourth-order valence-electron chi connectivity index (χ4n) is 2.63. The summed E-state index contributed by atoms with van der Waals surface area (Å²) in [5.41, 5.74) is 0.323. The molecule has 3 nitrogen and oxygen atoms in total. The molecule has 0 aromatic heterocycles. The largest absolute Gasteiger partial charge is 0.466 e. The van der Waals surface area contributed by atoms with E-state index >= 15 is 0 Å². The van der Waals surface area contributed by atoms with Crippen molar-refractivity contribution >= 4 is 23.3 Å². The number of ether oxygens (including phenoxy) is 1. The summed E-state index contributed by atoms with van der Waals surface area (Å²) in [5.74, 6) is -0.624. The monoisotopic (exact) mass is 299 g/mol. The second kappa shape index (κ2) is 6.93.